The summed E-state index contributed by atoms with van der Waals surface area (Å²) in [6.07, 6.45) is 5.57. The lowest BCUT2D eigenvalue weighted by atomic mass is 10.00. The molecular weight excluding hydrogens is 291 g/mol. The maximum absolute atomic E-state index is 6.07. The molecule has 1 unspecified atom stereocenters. The number of benzene rings is 1. The van der Waals surface area contributed by atoms with E-state index in [0.717, 1.165) is 19.4 Å². The Labute approximate surface area is 130 Å². The van der Waals surface area contributed by atoms with Crippen LogP contribution < -0.4 is 5.32 Å². The van der Waals surface area contributed by atoms with E-state index in [0.29, 0.717) is 16.1 Å². The van der Waals surface area contributed by atoms with Crippen LogP contribution in [0.5, 0.6) is 0 Å². The van der Waals surface area contributed by atoms with Crippen LogP contribution in [-0.2, 0) is 12.8 Å². The van der Waals surface area contributed by atoms with Gasteiger partial charge in [-0.05, 0) is 48.7 Å². The molecule has 1 atom stereocenters. The van der Waals surface area contributed by atoms with Gasteiger partial charge in [0.25, 0.3) is 0 Å². The van der Waals surface area contributed by atoms with E-state index < -0.39 is 0 Å². The summed E-state index contributed by atoms with van der Waals surface area (Å²) in [5.74, 6) is 0. The Morgan fingerprint density at radius 1 is 1.10 bits per heavy atom. The monoisotopic (exact) mass is 308 g/mol. The largest absolute Gasteiger partial charge is 0.314 e. The molecule has 0 amide bonds. The maximum Gasteiger partial charge on any atom is 0.0595 e. The van der Waals surface area contributed by atoms with E-state index in [1.807, 2.05) is 30.5 Å². The number of nitrogens with zero attached hydrogens (tertiary/aromatic N) is 1. The van der Waals surface area contributed by atoms with Gasteiger partial charge in [-0.2, -0.15) is 0 Å². The van der Waals surface area contributed by atoms with E-state index in [4.69, 9.17) is 23.2 Å². The second-order valence-corrected chi connectivity index (χ2v) is 5.59. The van der Waals surface area contributed by atoms with Crippen molar-refractivity contribution < 1.29 is 0 Å². The van der Waals surface area contributed by atoms with Gasteiger partial charge >= 0.3 is 0 Å². The molecule has 0 bridgehead atoms. The zero-order chi connectivity index (χ0) is 14.4. The van der Waals surface area contributed by atoms with Crippen LogP contribution in [0.15, 0.2) is 42.7 Å². The third-order valence-electron chi connectivity index (χ3n) is 3.16. The third kappa shape index (κ3) is 4.48. The van der Waals surface area contributed by atoms with Gasteiger partial charge in [0, 0.05) is 18.4 Å². The molecule has 106 valence electrons. The minimum atomic E-state index is 0.362. The Morgan fingerprint density at radius 3 is 2.55 bits per heavy atom. The van der Waals surface area contributed by atoms with E-state index in [9.17, 15) is 0 Å². The van der Waals surface area contributed by atoms with Gasteiger partial charge in [-0.25, -0.2) is 0 Å². The van der Waals surface area contributed by atoms with E-state index in [2.05, 4.69) is 23.3 Å². The lowest BCUT2D eigenvalue weighted by molar-refractivity contribution is 0.521. The second kappa shape index (κ2) is 7.63. The Bertz CT molecular complexity index is 543. The number of likely N-dealkylation sites (N-methyl/N-ethyl adjacent to an activating group) is 1. The van der Waals surface area contributed by atoms with Crippen molar-refractivity contribution in [2.45, 2.75) is 25.8 Å². The molecule has 0 saturated carbocycles. The molecular formula is C16H18Cl2N2. The van der Waals surface area contributed by atoms with Crippen molar-refractivity contribution in [3.05, 3.63) is 63.9 Å². The van der Waals surface area contributed by atoms with Crippen molar-refractivity contribution >= 4 is 23.2 Å². The normalized spacial score (nSPS) is 12.3. The fourth-order valence-corrected chi connectivity index (χ4v) is 2.58. The van der Waals surface area contributed by atoms with Crippen LogP contribution in [0.25, 0.3) is 0 Å². The van der Waals surface area contributed by atoms with Gasteiger partial charge in [-0.1, -0.05) is 42.3 Å². The number of hydrogen-bond acceptors (Lipinski definition) is 2. The first-order chi connectivity index (χ1) is 9.69. The standard InChI is InChI=1S/C16H18Cl2N2/c1-2-20-14(9-13-4-3-7-19-11-13)8-12-5-6-15(17)16(18)10-12/h3-7,10-11,14,20H,2,8-9H2,1H3. The number of pyridine rings is 1. The summed E-state index contributed by atoms with van der Waals surface area (Å²) in [4.78, 5) is 4.16. The van der Waals surface area contributed by atoms with Gasteiger partial charge in [0.15, 0.2) is 0 Å². The molecule has 1 heterocycles. The average molecular weight is 309 g/mol. The van der Waals surface area contributed by atoms with Crippen molar-refractivity contribution in [1.29, 1.82) is 0 Å². The summed E-state index contributed by atoms with van der Waals surface area (Å²) >= 11 is 12.0. The second-order valence-electron chi connectivity index (χ2n) is 4.77. The molecule has 1 aromatic heterocycles. The molecule has 0 radical (unpaired) electrons. The van der Waals surface area contributed by atoms with Crippen LogP contribution >= 0.6 is 23.2 Å². The predicted molar refractivity (Wildman–Crippen MR) is 85.6 cm³/mol. The number of rotatable bonds is 6. The summed E-state index contributed by atoms with van der Waals surface area (Å²) in [5, 5.41) is 4.72. The first kappa shape index (κ1) is 15.3. The molecule has 20 heavy (non-hydrogen) atoms. The average Bonchev–Trinajstić information content (AvgIpc) is 2.44. The van der Waals surface area contributed by atoms with Crippen molar-refractivity contribution in [3.63, 3.8) is 0 Å². The SMILES string of the molecule is CCNC(Cc1cccnc1)Cc1ccc(Cl)c(Cl)c1. The summed E-state index contributed by atoms with van der Waals surface area (Å²) < 4.78 is 0. The summed E-state index contributed by atoms with van der Waals surface area (Å²) in [6, 6.07) is 10.3. The molecule has 1 aromatic carbocycles. The number of nitrogens with one attached hydrogen (secondary N) is 1. The predicted octanol–water partition coefficient (Wildman–Crippen LogP) is 4.15. The lowest BCUT2D eigenvalue weighted by Crippen LogP contribution is -2.33. The van der Waals surface area contributed by atoms with Gasteiger partial charge in [-0.15, -0.1) is 0 Å². The highest BCUT2D eigenvalue weighted by atomic mass is 35.5. The van der Waals surface area contributed by atoms with Crippen molar-refractivity contribution in [2.75, 3.05) is 6.54 Å². The van der Waals surface area contributed by atoms with Crippen LogP contribution in [0.2, 0.25) is 10.0 Å². The number of aromatic nitrogens is 1. The van der Waals surface area contributed by atoms with Crippen molar-refractivity contribution in [2.24, 2.45) is 0 Å². The van der Waals surface area contributed by atoms with Crippen LogP contribution in [0, 0.1) is 0 Å². The van der Waals surface area contributed by atoms with Gasteiger partial charge in [0.1, 0.15) is 0 Å². The molecule has 2 aromatic rings. The zero-order valence-electron chi connectivity index (χ0n) is 11.4. The Kier molecular flexibility index (Phi) is 5.84. The Balaban J connectivity index is 2.06. The fraction of sp³-hybridized carbons (Fsp3) is 0.312. The van der Waals surface area contributed by atoms with Gasteiger partial charge in [0.2, 0.25) is 0 Å². The third-order valence-corrected chi connectivity index (χ3v) is 3.90. The number of halogens is 2. The first-order valence-electron chi connectivity index (χ1n) is 6.75. The lowest BCUT2D eigenvalue weighted by Gasteiger charge is -2.18. The van der Waals surface area contributed by atoms with Crippen LogP contribution in [0.1, 0.15) is 18.1 Å². The molecule has 4 heteroatoms. The van der Waals surface area contributed by atoms with Crippen molar-refractivity contribution in [1.82, 2.24) is 10.3 Å². The first-order valence-corrected chi connectivity index (χ1v) is 7.51. The van der Waals surface area contributed by atoms with Gasteiger partial charge < -0.3 is 5.32 Å². The molecule has 0 spiro atoms. The van der Waals surface area contributed by atoms with Crippen molar-refractivity contribution in [3.8, 4) is 0 Å². The molecule has 0 saturated heterocycles. The molecule has 1 N–H and O–H groups in total. The topological polar surface area (TPSA) is 24.9 Å². The highest BCUT2D eigenvalue weighted by Crippen LogP contribution is 2.23. The minimum Gasteiger partial charge on any atom is -0.314 e. The summed E-state index contributed by atoms with van der Waals surface area (Å²) in [5.41, 5.74) is 2.42. The fourth-order valence-electron chi connectivity index (χ4n) is 2.26. The minimum absolute atomic E-state index is 0.362. The molecule has 0 aliphatic rings. The van der Waals surface area contributed by atoms with E-state index in [-0.39, 0.29) is 0 Å². The van der Waals surface area contributed by atoms with E-state index >= 15 is 0 Å². The molecule has 2 rings (SSSR count). The highest BCUT2D eigenvalue weighted by molar-refractivity contribution is 6.42. The molecule has 0 fully saturated rings. The van der Waals surface area contributed by atoms with Crippen LogP contribution in [0.4, 0.5) is 0 Å². The Hall–Kier alpha value is -1.09. The van der Waals surface area contributed by atoms with Gasteiger partial charge in [0.05, 0.1) is 10.0 Å². The highest BCUT2D eigenvalue weighted by Gasteiger charge is 2.10. The van der Waals surface area contributed by atoms with Crippen LogP contribution in [0.3, 0.4) is 0 Å². The summed E-state index contributed by atoms with van der Waals surface area (Å²) in [6.45, 7) is 3.05. The smallest absolute Gasteiger partial charge is 0.0595 e. The maximum atomic E-state index is 6.07. The van der Waals surface area contributed by atoms with Crippen LogP contribution in [-0.4, -0.2) is 17.6 Å². The number of hydrogen-bond donors (Lipinski definition) is 1. The van der Waals surface area contributed by atoms with E-state index in [1.165, 1.54) is 11.1 Å². The Morgan fingerprint density at radius 2 is 1.90 bits per heavy atom. The molecule has 2 nitrogen and oxygen atoms in total. The van der Waals surface area contributed by atoms with Gasteiger partial charge in [-0.3, -0.25) is 4.98 Å². The summed E-state index contributed by atoms with van der Waals surface area (Å²) in [7, 11) is 0. The molecule has 0 aliphatic carbocycles. The van der Waals surface area contributed by atoms with E-state index in [1.54, 1.807) is 6.20 Å². The zero-order valence-corrected chi connectivity index (χ0v) is 13.0. The quantitative estimate of drug-likeness (QED) is 0.867. The molecule has 0 aliphatic heterocycles.